The fourth-order valence-corrected chi connectivity index (χ4v) is 6.17. The number of hydrogen-bond donors (Lipinski definition) is 2. The van der Waals surface area contributed by atoms with Crippen molar-refractivity contribution in [3.63, 3.8) is 0 Å². The van der Waals surface area contributed by atoms with Crippen molar-refractivity contribution in [2.24, 2.45) is 0 Å². The summed E-state index contributed by atoms with van der Waals surface area (Å²) in [5, 5.41) is 0.480. The first kappa shape index (κ1) is 29.4. The van der Waals surface area contributed by atoms with E-state index in [0.717, 1.165) is 11.1 Å². The SMILES string of the molecule is CCOC(=O)/C=C/c1cccc2c1OCCC2(C)c1c[nH]c(-c2cc(Oc3c(F)c(F)c4[nH]ccc4c3SC)ccc2F)n1. The van der Waals surface area contributed by atoms with E-state index in [0.29, 0.717) is 34.8 Å². The van der Waals surface area contributed by atoms with Gasteiger partial charge in [-0.15, -0.1) is 11.8 Å². The van der Waals surface area contributed by atoms with E-state index in [4.69, 9.17) is 19.2 Å². The van der Waals surface area contributed by atoms with E-state index in [-0.39, 0.29) is 35.0 Å². The lowest BCUT2D eigenvalue weighted by atomic mass is 9.75. The molecule has 0 fully saturated rings. The zero-order valence-corrected chi connectivity index (χ0v) is 24.9. The summed E-state index contributed by atoms with van der Waals surface area (Å²) in [6, 6.07) is 11.3. The summed E-state index contributed by atoms with van der Waals surface area (Å²) >= 11 is 1.21. The maximum absolute atomic E-state index is 15.2. The number of rotatable bonds is 8. The molecule has 5 aromatic rings. The minimum Gasteiger partial charge on any atom is -0.493 e. The summed E-state index contributed by atoms with van der Waals surface area (Å²) in [6.45, 7) is 4.45. The summed E-state index contributed by atoms with van der Waals surface area (Å²) < 4.78 is 61.9. The van der Waals surface area contributed by atoms with E-state index < -0.39 is 28.8 Å². The van der Waals surface area contributed by atoms with Gasteiger partial charge in [-0.3, -0.25) is 0 Å². The number of hydrogen-bond acceptors (Lipinski definition) is 6. The topological polar surface area (TPSA) is 89.2 Å². The zero-order valence-electron chi connectivity index (χ0n) is 24.1. The van der Waals surface area contributed by atoms with Gasteiger partial charge in [0.1, 0.15) is 23.1 Å². The van der Waals surface area contributed by atoms with Crippen LogP contribution in [0, 0.1) is 17.5 Å². The lowest BCUT2D eigenvalue weighted by molar-refractivity contribution is -0.137. The van der Waals surface area contributed by atoms with Crippen LogP contribution < -0.4 is 9.47 Å². The molecule has 7 nitrogen and oxygen atoms in total. The van der Waals surface area contributed by atoms with Gasteiger partial charge in [0.25, 0.3) is 0 Å². The molecule has 2 aromatic heterocycles. The molecule has 1 aliphatic heterocycles. The van der Waals surface area contributed by atoms with E-state index in [9.17, 15) is 9.18 Å². The molecule has 1 aliphatic rings. The number of nitrogens with zero attached hydrogens (tertiary/aromatic N) is 1. The Labute approximate surface area is 255 Å². The standard InChI is InChI=1S/C33H28F3N3O4S/c1-4-41-25(40)11-8-18-6-5-7-22-29(18)42-15-13-33(22,2)24-17-38-32(39-24)21-16-19(9-10-23(21)34)43-30-27(36)26(35)28-20(12-14-37-28)31(30)44-3/h5-12,14,16-17,37H,4,13,15H2,1-3H3,(H,38,39)/b11-8+. The van der Waals surface area contributed by atoms with Crippen LogP contribution >= 0.6 is 11.8 Å². The zero-order chi connectivity index (χ0) is 31.0. The fourth-order valence-electron chi connectivity index (χ4n) is 5.46. The number of carbonyl (C=O) groups is 1. The molecule has 1 atom stereocenters. The van der Waals surface area contributed by atoms with Crippen molar-refractivity contribution < 1.29 is 32.2 Å². The van der Waals surface area contributed by atoms with Gasteiger partial charge in [-0.2, -0.15) is 4.39 Å². The van der Waals surface area contributed by atoms with E-state index in [2.05, 4.69) is 9.97 Å². The van der Waals surface area contributed by atoms with Gasteiger partial charge in [0.15, 0.2) is 11.6 Å². The van der Waals surface area contributed by atoms with Crippen molar-refractivity contribution in [3.05, 3.63) is 95.2 Å². The molecule has 0 aliphatic carbocycles. The number of fused-ring (bicyclic) bond motifs is 2. The molecule has 0 radical (unpaired) electrons. The lowest BCUT2D eigenvalue weighted by Crippen LogP contribution is -2.31. The third-order valence-electron chi connectivity index (χ3n) is 7.74. The third kappa shape index (κ3) is 5.11. The van der Waals surface area contributed by atoms with E-state index >= 15 is 8.78 Å². The van der Waals surface area contributed by atoms with Crippen LogP contribution in [0.4, 0.5) is 13.2 Å². The van der Waals surface area contributed by atoms with Gasteiger partial charge in [0.2, 0.25) is 5.82 Å². The first-order chi connectivity index (χ1) is 21.2. The highest BCUT2D eigenvalue weighted by atomic mass is 32.2. The van der Waals surface area contributed by atoms with Crippen molar-refractivity contribution in [2.45, 2.75) is 30.6 Å². The van der Waals surface area contributed by atoms with Gasteiger partial charge in [0.05, 0.1) is 34.9 Å². The molecular formula is C33H28F3N3O4S. The fraction of sp³-hybridized carbons (Fsp3) is 0.212. The Morgan fingerprint density at radius 2 is 2.00 bits per heavy atom. The molecule has 3 heterocycles. The number of nitrogens with one attached hydrogen (secondary N) is 2. The van der Waals surface area contributed by atoms with Gasteiger partial charge in [0, 0.05) is 40.4 Å². The molecular weight excluding hydrogens is 591 g/mol. The number of halogens is 3. The predicted octanol–water partition coefficient (Wildman–Crippen LogP) is 8.15. The van der Waals surface area contributed by atoms with Crippen molar-refractivity contribution in [1.82, 2.24) is 15.0 Å². The summed E-state index contributed by atoms with van der Waals surface area (Å²) in [4.78, 5) is 22.9. The third-order valence-corrected chi connectivity index (χ3v) is 8.56. The molecule has 0 amide bonds. The average molecular weight is 620 g/mol. The van der Waals surface area contributed by atoms with Crippen LogP contribution in [0.3, 0.4) is 0 Å². The molecule has 0 saturated heterocycles. The molecule has 11 heteroatoms. The van der Waals surface area contributed by atoms with Crippen molar-refractivity contribution in [1.29, 1.82) is 0 Å². The Balaban J connectivity index is 1.34. The van der Waals surface area contributed by atoms with Gasteiger partial charge < -0.3 is 24.2 Å². The number of carbonyl (C=O) groups excluding carboxylic acids is 1. The smallest absolute Gasteiger partial charge is 0.330 e. The second-order valence-corrected chi connectivity index (χ2v) is 11.2. The Kier molecular flexibility index (Phi) is 7.89. The van der Waals surface area contributed by atoms with Crippen LogP contribution in [-0.2, 0) is 14.9 Å². The van der Waals surface area contributed by atoms with Crippen LogP contribution in [0.2, 0.25) is 0 Å². The highest BCUT2D eigenvalue weighted by Gasteiger charge is 2.38. The maximum atomic E-state index is 15.2. The van der Waals surface area contributed by atoms with Gasteiger partial charge >= 0.3 is 5.97 Å². The van der Waals surface area contributed by atoms with Crippen molar-refractivity contribution >= 4 is 34.7 Å². The first-order valence-electron chi connectivity index (χ1n) is 13.9. The van der Waals surface area contributed by atoms with E-state index in [1.165, 1.54) is 42.2 Å². The molecule has 0 spiro atoms. The molecule has 3 aromatic carbocycles. The Morgan fingerprint density at radius 1 is 1.16 bits per heavy atom. The molecule has 1 unspecified atom stereocenters. The minimum absolute atomic E-state index is 0.0485. The molecule has 2 N–H and O–H groups in total. The monoisotopic (exact) mass is 619 g/mol. The lowest BCUT2D eigenvalue weighted by Gasteiger charge is -2.35. The first-order valence-corrected chi connectivity index (χ1v) is 15.1. The number of benzene rings is 3. The summed E-state index contributed by atoms with van der Waals surface area (Å²) in [5.41, 5.74) is 1.80. The number of aromatic nitrogens is 3. The predicted molar refractivity (Wildman–Crippen MR) is 163 cm³/mol. The second-order valence-electron chi connectivity index (χ2n) is 10.4. The summed E-state index contributed by atoms with van der Waals surface area (Å²) in [7, 11) is 0. The van der Waals surface area contributed by atoms with E-state index in [1.54, 1.807) is 31.5 Å². The Hall–Kier alpha value is -4.64. The number of H-pyrrole nitrogens is 2. The summed E-state index contributed by atoms with van der Waals surface area (Å²) in [5.74, 6) is -2.50. The Bertz CT molecular complexity index is 1920. The van der Waals surface area contributed by atoms with Crippen molar-refractivity contribution in [3.8, 4) is 28.6 Å². The van der Waals surface area contributed by atoms with Crippen LogP contribution in [0.15, 0.2) is 65.8 Å². The number of esters is 1. The molecule has 0 saturated carbocycles. The largest absolute Gasteiger partial charge is 0.493 e. The number of thioether (sulfide) groups is 1. The minimum atomic E-state index is -1.14. The van der Waals surface area contributed by atoms with Crippen LogP contribution in [0.25, 0.3) is 28.4 Å². The number of aromatic amines is 2. The van der Waals surface area contributed by atoms with E-state index in [1.807, 2.05) is 25.1 Å². The van der Waals surface area contributed by atoms with Gasteiger partial charge in [-0.05, 0) is 56.9 Å². The molecule has 44 heavy (non-hydrogen) atoms. The highest BCUT2D eigenvalue weighted by molar-refractivity contribution is 7.99. The molecule has 226 valence electrons. The summed E-state index contributed by atoms with van der Waals surface area (Å²) in [6.07, 6.45) is 8.60. The Morgan fingerprint density at radius 3 is 2.80 bits per heavy atom. The van der Waals surface area contributed by atoms with Gasteiger partial charge in [-0.1, -0.05) is 18.2 Å². The van der Waals surface area contributed by atoms with Crippen LogP contribution in [-0.4, -0.2) is 40.4 Å². The second kappa shape index (κ2) is 11.8. The normalized spacial score (nSPS) is 16.2. The van der Waals surface area contributed by atoms with Crippen LogP contribution in [0.5, 0.6) is 17.2 Å². The number of ether oxygens (including phenoxy) is 3. The number of imidazole rings is 1. The molecule has 6 rings (SSSR count). The quantitative estimate of drug-likeness (QED) is 0.104. The van der Waals surface area contributed by atoms with Gasteiger partial charge in [-0.25, -0.2) is 18.6 Å². The highest BCUT2D eigenvalue weighted by Crippen LogP contribution is 2.46. The van der Waals surface area contributed by atoms with Crippen LogP contribution in [0.1, 0.15) is 37.1 Å². The number of para-hydroxylation sites is 1. The molecule has 0 bridgehead atoms. The maximum Gasteiger partial charge on any atom is 0.330 e. The average Bonchev–Trinajstić information content (AvgIpc) is 3.72. The van der Waals surface area contributed by atoms with Crippen molar-refractivity contribution in [2.75, 3.05) is 19.5 Å².